The lowest BCUT2D eigenvalue weighted by atomic mass is 9.84. The van der Waals surface area contributed by atoms with E-state index >= 15 is 0 Å². The van der Waals surface area contributed by atoms with Crippen molar-refractivity contribution in [3.8, 4) is 5.75 Å². The van der Waals surface area contributed by atoms with Gasteiger partial charge in [0.1, 0.15) is 5.75 Å². The van der Waals surface area contributed by atoms with Crippen LogP contribution in [0.4, 0.5) is 0 Å². The van der Waals surface area contributed by atoms with Crippen molar-refractivity contribution < 1.29 is 14.3 Å². The summed E-state index contributed by atoms with van der Waals surface area (Å²) in [5.74, 6) is 0.544. The first-order valence-corrected chi connectivity index (χ1v) is 6.93. The summed E-state index contributed by atoms with van der Waals surface area (Å²) < 4.78 is 5.19. The molecule has 3 heterocycles. The topological polar surface area (TPSA) is 46.6 Å². The Balaban J connectivity index is 1.96. The molecule has 3 aliphatic heterocycles. The van der Waals surface area contributed by atoms with Gasteiger partial charge in [0.2, 0.25) is 0 Å². The number of nitrogens with zero attached hydrogens (tertiary/aromatic N) is 1. The number of hydrogen-bond acceptors (Lipinski definition) is 4. The highest BCUT2D eigenvalue weighted by Gasteiger charge is 2.36. The summed E-state index contributed by atoms with van der Waals surface area (Å²) >= 11 is 0. The van der Waals surface area contributed by atoms with E-state index in [0.717, 1.165) is 37.2 Å². The molecule has 3 aliphatic rings. The highest BCUT2D eigenvalue weighted by Crippen LogP contribution is 2.33. The fourth-order valence-electron chi connectivity index (χ4n) is 2.90. The van der Waals surface area contributed by atoms with Crippen LogP contribution in [0.15, 0.2) is 30.0 Å². The van der Waals surface area contributed by atoms with Crippen LogP contribution in [-0.2, 0) is 9.59 Å². The molecule has 20 heavy (non-hydrogen) atoms. The van der Waals surface area contributed by atoms with Gasteiger partial charge in [-0.15, -0.1) is 0 Å². The molecular weight excluding hydrogens is 254 g/mol. The van der Waals surface area contributed by atoms with Gasteiger partial charge in [-0.3, -0.25) is 9.59 Å². The van der Waals surface area contributed by atoms with Gasteiger partial charge in [0.05, 0.1) is 5.70 Å². The van der Waals surface area contributed by atoms with Crippen LogP contribution in [0.5, 0.6) is 5.75 Å². The Bertz CT molecular complexity index is 583. The summed E-state index contributed by atoms with van der Waals surface area (Å²) in [6, 6.07) is 7.30. The number of carbonyl (C=O) groups excluding carboxylic acids is 2. The normalized spacial score (nSPS) is 20.6. The number of piperidine rings is 3. The van der Waals surface area contributed by atoms with Gasteiger partial charge < -0.3 is 9.64 Å². The van der Waals surface area contributed by atoms with Crippen molar-refractivity contribution in [2.75, 3.05) is 13.1 Å². The molecule has 1 aromatic rings. The predicted molar refractivity (Wildman–Crippen MR) is 75.0 cm³/mol. The fraction of sp³-hybridized carbons (Fsp3) is 0.375. The van der Waals surface area contributed by atoms with Crippen molar-refractivity contribution in [1.82, 2.24) is 4.90 Å². The van der Waals surface area contributed by atoms with Crippen LogP contribution in [0.25, 0.3) is 6.08 Å². The molecule has 0 aromatic heterocycles. The Kier molecular flexibility index (Phi) is 3.30. The first kappa shape index (κ1) is 12.9. The average molecular weight is 271 g/mol. The molecule has 4 rings (SSSR count). The highest BCUT2D eigenvalue weighted by molar-refractivity contribution is 6.02. The Labute approximate surface area is 118 Å². The zero-order valence-corrected chi connectivity index (χ0v) is 11.5. The monoisotopic (exact) mass is 271 g/mol. The van der Waals surface area contributed by atoms with Crippen LogP contribution >= 0.6 is 0 Å². The zero-order valence-electron chi connectivity index (χ0n) is 11.5. The van der Waals surface area contributed by atoms with Gasteiger partial charge in [-0.1, -0.05) is 18.2 Å². The largest absolute Gasteiger partial charge is 0.426 e. The number of fused-ring (bicyclic) bond motifs is 3. The lowest BCUT2D eigenvalue weighted by Gasteiger charge is -2.41. The lowest BCUT2D eigenvalue weighted by Crippen LogP contribution is -2.45. The highest BCUT2D eigenvalue weighted by atomic mass is 16.5. The molecule has 2 bridgehead atoms. The van der Waals surface area contributed by atoms with E-state index in [1.165, 1.54) is 6.92 Å². The van der Waals surface area contributed by atoms with Gasteiger partial charge >= 0.3 is 5.97 Å². The quantitative estimate of drug-likeness (QED) is 0.470. The Hall–Kier alpha value is -2.10. The maximum atomic E-state index is 12.3. The maximum Gasteiger partial charge on any atom is 0.308 e. The van der Waals surface area contributed by atoms with Crippen molar-refractivity contribution in [3.63, 3.8) is 0 Å². The van der Waals surface area contributed by atoms with Crippen molar-refractivity contribution in [2.24, 2.45) is 5.92 Å². The number of hydrogen-bond donors (Lipinski definition) is 0. The molecule has 0 N–H and O–H groups in total. The lowest BCUT2D eigenvalue weighted by molar-refractivity contribution is -0.131. The molecule has 4 heteroatoms. The van der Waals surface area contributed by atoms with E-state index < -0.39 is 0 Å². The minimum absolute atomic E-state index is 0.173. The van der Waals surface area contributed by atoms with Crippen LogP contribution < -0.4 is 4.74 Å². The van der Waals surface area contributed by atoms with Gasteiger partial charge in [0.15, 0.2) is 5.78 Å². The third-order valence-corrected chi connectivity index (χ3v) is 3.92. The van der Waals surface area contributed by atoms with E-state index in [0.29, 0.717) is 5.75 Å². The van der Waals surface area contributed by atoms with Crippen LogP contribution in [0.1, 0.15) is 25.3 Å². The number of rotatable bonds is 2. The zero-order chi connectivity index (χ0) is 14.1. The number of ketones is 1. The number of para-hydroxylation sites is 1. The molecule has 4 nitrogen and oxygen atoms in total. The van der Waals surface area contributed by atoms with Gasteiger partial charge in [0.25, 0.3) is 0 Å². The number of carbonyl (C=O) groups is 2. The summed E-state index contributed by atoms with van der Waals surface area (Å²) in [5.41, 5.74) is 1.53. The molecular formula is C16H17NO3. The molecule has 3 fully saturated rings. The Morgan fingerprint density at radius 2 is 2.00 bits per heavy atom. The van der Waals surface area contributed by atoms with Crippen molar-refractivity contribution >= 4 is 17.8 Å². The minimum atomic E-state index is -0.354. The molecule has 0 spiro atoms. The van der Waals surface area contributed by atoms with Crippen LogP contribution in [-0.4, -0.2) is 29.7 Å². The van der Waals surface area contributed by atoms with E-state index in [-0.39, 0.29) is 17.7 Å². The van der Waals surface area contributed by atoms with E-state index in [2.05, 4.69) is 4.90 Å². The number of allylic oxidation sites excluding steroid dienone is 1. The summed E-state index contributed by atoms with van der Waals surface area (Å²) in [6.45, 7) is 3.26. The van der Waals surface area contributed by atoms with E-state index in [4.69, 9.17) is 4.74 Å². The molecule has 3 saturated heterocycles. The molecule has 1 aromatic carbocycles. The number of benzene rings is 1. The smallest absolute Gasteiger partial charge is 0.308 e. The van der Waals surface area contributed by atoms with E-state index in [1.54, 1.807) is 6.07 Å². The second-order valence-electron chi connectivity index (χ2n) is 5.29. The van der Waals surface area contributed by atoms with Crippen molar-refractivity contribution in [1.29, 1.82) is 0 Å². The molecule has 104 valence electrons. The van der Waals surface area contributed by atoms with Crippen LogP contribution in [0.3, 0.4) is 0 Å². The van der Waals surface area contributed by atoms with Crippen LogP contribution in [0.2, 0.25) is 0 Å². The van der Waals surface area contributed by atoms with Gasteiger partial charge in [-0.2, -0.15) is 0 Å². The van der Waals surface area contributed by atoms with Crippen molar-refractivity contribution in [3.05, 3.63) is 35.5 Å². The van der Waals surface area contributed by atoms with Gasteiger partial charge in [0, 0.05) is 31.5 Å². The summed E-state index contributed by atoms with van der Waals surface area (Å²) in [5, 5.41) is 0. The number of Topliss-reactive ketones (excluding diaryl/α,β-unsaturated/α-hetero) is 1. The fourth-order valence-corrected chi connectivity index (χ4v) is 2.90. The SMILES string of the molecule is CC(=O)Oc1ccccc1/C=C1/C(=O)C2CCN1CC2. The number of esters is 1. The second-order valence-corrected chi connectivity index (χ2v) is 5.29. The minimum Gasteiger partial charge on any atom is -0.426 e. The second kappa shape index (κ2) is 5.12. The first-order chi connectivity index (χ1) is 9.65. The third kappa shape index (κ3) is 2.33. The molecule has 0 atom stereocenters. The maximum absolute atomic E-state index is 12.3. The summed E-state index contributed by atoms with van der Waals surface area (Å²) in [4.78, 5) is 25.6. The Morgan fingerprint density at radius 1 is 1.30 bits per heavy atom. The number of ether oxygens (including phenoxy) is 1. The molecule has 0 saturated carbocycles. The first-order valence-electron chi connectivity index (χ1n) is 6.93. The third-order valence-electron chi connectivity index (χ3n) is 3.92. The molecule has 0 unspecified atom stereocenters. The summed E-state index contributed by atoms with van der Waals surface area (Å²) in [7, 11) is 0. The predicted octanol–water partition coefficient (Wildman–Crippen LogP) is 2.25. The van der Waals surface area contributed by atoms with E-state index in [1.807, 2.05) is 24.3 Å². The van der Waals surface area contributed by atoms with Crippen LogP contribution in [0, 0.1) is 5.92 Å². The molecule has 0 aliphatic carbocycles. The van der Waals surface area contributed by atoms with E-state index in [9.17, 15) is 9.59 Å². The van der Waals surface area contributed by atoms with Crippen molar-refractivity contribution in [2.45, 2.75) is 19.8 Å². The molecule has 0 amide bonds. The summed E-state index contributed by atoms with van der Waals surface area (Å²) in [6.07, 6.45) is 3.77. The average Bonchev–Trinajstić information content (AvgIpc) is 2.44. The Morgan fingerprint density at radius 3 is 2.65 bits per heavy atom. The van der Waals surface area contributed by atoms with Gasteiger partial charge in [-0.05, 0) is 25.0 Å². The molecule has 0 radical (unpaired) electrons. The van der Waals surface area contributed by atoms with Gasteiger partial charge in [-0.25, -0.2) is 0 Å². The standard InChI is InChI=1S/C16H17NO3/c1-11(18)20-15-5-3-2-4-13(15)10-14-16(19)12-6-8-17(14)9-7-12/h2-5,10,12H,6-9H2,1H3/b14-10-.